The van der Waals surface area contributed by atoms with E-state index < -0.39 is 10.0 Å². The van der Waals surface area contributed by atoms with Gasteiger partial charge in [-0.2, -0.15) is 4.31 Å². The molecular weight excluding hydrogens is 426 g/mol. The van der Waals surface area contributed by atoms with Gasteiger partial charge in [-0.05, 0) is 49.9 Å². The first-order valence-corrected chi connectivity index (χ1v) is 12.0. The molecule has 8 nitrogen and oxygen atoms in total. The summed E-state index contributed by atoms with van der Waals surface area (Å²) < 4.78 is 29.4. The lowest BCUT2D eigenvalue weighted by Gasteiger charge is -2.31. The monoisotopic (exact) mass is 453 g/mol. The minimum atomic E-state index is -3.63. The number of benzene rings is 2. The second kappa shape index (κ2) is 9.23. The van der Waals surface area contributed by atoms with Gasteiger partial charge in [-0.1, -0.05) is 18.2 Å². The van der Waals surface area contributed by atoms with Crippen LogP contribution in [0.1, 0.15) is 28.9 Å². The first kappa shape index (κ1) is 22.2. The van der Waals surface area contributed by atoms with Gasteiger partial charge in [0.05, 0.1) is 17.3 Å². The highest BCUT2D eigenvalue weighted by Gasteiger charge is 2.28. The van der Waals surface area contributed by atoms with Crippen molar-refractivity contribution in [1.82, 2.24) is 24.1 Å². The number of aromatic nitrogens is 2. The SMILES string of the molecule is C[C@@H](NC(=O)c1cccc(S(=O)(=O)N2CCN(C)CC2)c1)c1ccc(-n2ccnc2)cc1. The summed E-state index contributed by atoms with van der Waals surface area (Å²) in [6, 6.07) is 13.8. The van der Waals surface area contributed by atoms with Gasteiger partial charge in [0, 0.05) is 49.8 Å². The van der Waals surface area contributed by atoms with Crippen LogP contribution in [0.5, 0.6) is 0 Å². The van der Waals surface area contributed by atoms with Gasteiger partial charge in [0.2, 0.25) is 10.0 Å². The zero-order valence-corrected chi connectivity index (χ0v) is 19.0. The fourth-order valence-corrected chi connectivity index (χ4v) is 5.15. The van der Waals surface area contributed by atoms with Crippen LogP contribution in [0, 0.1) is 0 Å². The van der Waals surface area contributed by atoms with Gasteiger partial charge >= 0.3 is 0 Å². The number of hydrogen-bond acceptors (Lipinski definition) is 5. The van der Waals surface area contributed by atoms with Crippen LogP contribution in [-0.4, -0.2) is 66.3 Å². The fourth-order valence-electron chi connectivity index (χ4n) is 3.69. The van der Waals surface area contributed by atoms with Gasteiger partial charge in [0.1, 0.15) is 0 Å². The molecule has 1 N–H and O–H groups in total. The lowest BCUT2D eigenvalue weighted by molar-refractivity contribution is 0.0939. The third-order valence-electron chi connectivity index (χ3n) is 5.74. The first-order valence-electron chi connectivity index (χ1n) is 10.5. The number of carbonyl (C=O) groups excluding carboxylic acids is 1. The van der Waals surface area contributed by atoms with Crippen LogP contribution in [0.2, 0.25) is 0 Å². The van der Waals surface area contributed by atoms with Crippen LogP contribution in [0.15, 0.2) is 72.1 Å². The van der Waals surface area contributed by atoms with Crippen molar-refractivity contribution in [2.45, 2.75) is 17.9 Å². The van der Waals surface area contributed by atoms with E-state index in [2.05, 4.69) is 15.2 Å². The highest BCUT2D eigenvalue weighted by Crippen LogP contribution is 2.20. The summed E-state index contributed by atoms with van der Waals surface area (Å²) in [5.41, 5.74) is 2.25. The summed E-state index contributed by atoms with van der Waals surface area (Å²) in [5, 5.41) is 2.96. The molecule has 0 radical (unpaired) electrons. The quantitative estimate of drug-likeness (QED) is 0.619. The molecule has 32 heavy (non-hydrogen) atoms. The van der Waals surface area contributed by atoms with E-state index in [1.165, 1.54) is 10.4 Å². The Bertz CT molecular complexity index is 1170. The molecular formula is C23H27N5O3S. The summed E-state index contributed by atoms with van der Waals surface area (Å²) in [6.07, 6.45) is 5.31. The Kier molecular flexibility index (Phi) is 6.40. The lowest BCUT2D eigenvalue weighted by atomic mass is 10.1. The van der Waals surface area contributed by atoms with E-state index in [-0.39, 0.29) is 16.8 Å². The summed E-state index contributed by atoms with van der Waals surface area (Å²) in [5.74, 6) is -0.313. The molecule has 9 heteroatoms. The number of hydrogen-bond donors (Lipinski definition) is 1. The molecule has 2 aromatic carbocycles. The van der Waals surface area contributed by atoms with Crippen molar-refractivity contribution in [3.05, 3.63) is 78.4 Å². The van der Waals surface area contributed by atoms with E-state index in [9.17, 15) is 13.2 Å². The third-order valence-corrected chi connectivity index (χ3v) is 7.63. The normalized spacial score (nSPS) is 16.6. The largest absolute Gasteiger partial charge is 0.346 e. The Morgan fingerprint density at radius 2 is 1.78 bits per heavy atom. The summed E-state index contributed by atoms with van der Waals surface area (Å²) in [4.78, 5) is 19.1. The molecule has 1 aromatic heterocycles. The second-order valence-electron chi connectivity index (χ2n) is 7.99. The van der Waals surface area contributed by atoms with E-state index in [4.69, 9.17) is 0 Å². The van der Waals surface area contributed by atoms with Gasteiger partial charge in [0.25, 0.3) is 5.91 Å². The zero-order chi connectivity index (χ0) is 22.7. The van der Waals surface area contributed by atoms with Crippen molar-refractivity contribution >= 4 is 15.9 Å². The fraction of sp³-hybridized carbons (Fsp3) is 0.304. The van der Waals surface area contributed by atoms with Gasteiger partial charge in [-0.25, -0.2) is 13.4 Å². The molecule has 2 heterocycles. The van der Waals surface area contributed by atoms with Crippen LogP contribution >= 0.6 is 0 Å². The van der Waals surface area contributed by atoms with E-state index >= 15 is 0 Å². The van der Waals surface area contributed by atoms with Crippen molar-refractivity contribution in [1.29, 1.82) is 0 Å². The van der Waals surface area contributed by atoms with E-state index in [0.717, 1.165) is 11.3 Å². The smallest absolute Gasteiger partial charge is 0.251 e. The summed E-state index contributed by atoms with van der Waals surface area (Å²) in [6.45, 7) is 4.17. The minimum Gasteiger partial charge on any atom is -0.346 e. The zero-order valence-electron chi connectivity index (χ0n) is 18.2. The van der Waals surface area contributed by atoms with Crippen LogP contribution in [0.4, 0.5) is 0 Å². The molecule has 0 aliphatic carbocycles. The van der Waals surface area contributed by atoms with E-state index in [0.29, 0.717) is 31.7 Å². The third kappa shape index (κ3) is 4.74. The molecule has 1 atom stereocenters. The molecule has 4 rings (SSSR count). The minimum absolute atomic E-state index is 0.145. The number of amides is 1. The predicted octanol–water partition coefficient (Wildman–Crippen LogP) is 2.30. The molecule has 1 amide bonds. The maximum atomic E-state index is 13.0. The molecule has 0 unspecified atom stereocenters. The van der Waals surface area contributed by atoms with Gasteiger partial charge < -0.3 is 14.8 Å². The average molecular weight is 454 g/mol. The Balaban J connectivity index is 1.45. The highest BCUT2D eigenvalue weighted by molar-refractivity contribution is 7.89. The summed E-state index contributed by atoms with van der Waals surface area (Å²) >= 11 is 0. The van der Waals surface area contributed by atoms with Crippen molar-refractivity contribution in [3.8, 4) is 5.69 Å². The van der Waals surface area contributed by atoms with Gasteiger partial charge in [-0.15, -0.1) is 0 Å². The van der Waals surface area contributed by atoms with Crippen LogP contribution < -0.4 is 5.32 Å². The van der Waals surface area contributed by atoms with Gasteiger partial charge in [0.15, 0.2) is 0 Å². The number of rotatable bonds is 6. The van der Waals surface area contributed by atoms with Crippen molar-refractivity contribution in [2.24, 2.45) is 0 Å². The van der Waals surface area contributed by atoms with Crippen molar-refractivity contribution in [3.63, 3.8) is 0 Å². The number of likely N-dealkylation sites (N-methyl/N-ethyl adjacent to an activating group) is 1. The Hall–Kier alpha value is -3.01. The number of sulfonamides is 1. The molecule has 0 saturated carbocycles. The van der Waals surface area contributed by atoms with Crippen molar-refractivity contribution in [2.75, 3.05) is 33.2 Å². The average Bonchev–Trinajstić information content (AvgIpc) is 3.34. The number of nitrogens with one attached hydrogen (secondary N) is 1. The Labute approximate surface area is 188 Å². The lowest BCUT2D eigenvalue weighted by Crippen LogP contribution is -2.47. The van der Waals surface area contributed by atoms with E-state index in [1.807, 2.05) is 49.0 Å². The molecule has 0 spiro atoms. The number of nitrogens with zero attached hydrogens (tertiary/aromatic N) is 4. The number of piperazine rings is 1. The van der Waals surface area contributed by atoms with Crippen LogP contribution in [-0.2, 0) is 10.0 Å². The van der Waals surface area contributed by atoms with Crippen molar-refractivity contribution < 1.29 is 13.2 Å². The molecule has 168 valence electrons. The van der Waals surface area contributed by atoms with E-state index in [1.54, 1.807) is 30.7 Å². The van der Waals surface area contributed by atoms with Crippen LogP contribution in [0.25, 0.3) is 5.69 Å². The second-order valence-corrected chi connectivity index (χ2v) is 9.93. The van der Waals surface area contributed by atoms with Crippen LogP contribution in [0.3, 0.4) is 0 Å². The Morgan fingerprint density at radius 1 is 1.06 bits per heavy atom. The molecule has 1 saturated heterocycles. The number of carbonyl (C=O) groups is 1. The maximum Gasteiger partial charge on any atom is 0.251 e. The molecule has 1 aliphatic heterocycles. The summed E-state index contributed by atoms with van der Waals surface area (Å²) in [7, 11) is -1.66. The number of imidazole rings is 1. The van der Waals surface area contributed by atoms with Gasteiger partial charge in [-0.3, -0.25) is 4.79 Å². The standard InChI is InChI=1S/C23H27N5O3S/c1-18(19-6-8-21(9-7-19)27-11-10-24-17-27)25-23(29)20-4-3-5-22(16-20)32(30,31)28-14-12-26(2)13-15-28/h3-11,16-18H,12-15H2,1-2H3,(H,25,29)/t18-/m1/s1. The molecule has 0 bridgehead atoms. The molecule has 1 aliphatic rings. The first-order chi connectivity index (χ1) is 15.3. The molecule has 3 aromatic rings. The Morgan fingerprint density at radius 3 is 2.44 bits per heavy atom. The maximum absolute atomic E-state index is 13.0. The molecule has 1 fully saturated rings. The topological polar surface area (TPSA) is 87.5 Å². The predicted molar refractivity (Wildman–Crippen MR) is 122 cm³/mol. The highest BCUT2D eigenvalue weighted by atomic mass is 32.2.